The van der Waals surface area contributed by atoms with E-state index in [-0.39, 0.29) is 18.5 Å². The van der Waals surface area contributed by atoms with Crippen molar-refractivity contribution in [1.82, 2.24) is 4.90 Å². The molecule has 1 aliphatic rings. The van der Waals surface area contributed by atoms with Crippen molar-refractivity contribution >= 4 is 11.9 Å². The van der Waals surface area contributed by atoms with Crippen LogP contribution in [0.1, 0.15) is 45.1 Å². The summed E-state index contributed by atoms with van der Waals surface area (Å²) in [6.45, 7) is 3.53. The van der Waals surface area contributed by atoms with Crippen molar-refractivity contribution in [3.8, 4) is 0 Å². The molecule has 0 bridgehead atoms. The molecule has 0 spiro atoms. The van der Waals surface area contributed by atoms with Crippen LogP contribution in [0.3, 0.4) is 0 Å². The van der Waals surface area contributed by atoms with Gasteiger partial charge in [-0.25, -0.2) is 0 Å². The highest BCUT2D eigenvalue weighted by Crippen LogP contribution is 2.30. The molecule has 1 fully saturated rings. The highest BCUT2D eigenvalue weighted by Gasteiger charge is 2.38. The summed E-state index contributed by atoms with van der Waals surface area (Å²) in [6.07, 6.45) is 3.95. The molecule has 0 unspecified atom stereocenters. The monoisotopic (exact) mass is 289 g/mol. The van der Waals surface area contributed by atoms with Crippen LogP contribution < -0.4 is 0 Å². The largest absolute Gasteiger partial charge is 0.480 e. The first-order chi connectivity index (χ1) is 9.93. The van der Waals surface area contributed by atoms with E-state index in [1.807, 2.05) is 44.2 Å². The summed E-state index contributed by atoms with van der Waals surface area (Å²) in [4.78, 5) is 25.7. The Morgan fingerprint density at radius 1 is 1.19 bits per heavy atom. The van der Waals surface area contributed by atoms with Crippen molar-refractivity contribution in [2.45, 2.75) is 51.0 Å². The minimum atomic E-state index is -0.945. The number of carboxylic acid groups (broad SMARTS) is 1. The zero-order chi connectivity index (χ0) is 15.5. The Labute approximate surface area is 125 Å². The quantitative estimate of drug-likeness (QED) is 0.906. The van der Waals surface area contributed by atoms with Crippen LogP contribution in [0.5, 0.6) is 0 Å². The molecule has 1 N–H and O–H groups in total. The zero-order valence-corrected chi connectivity index (χ0v) is 12.7. The lowest BCUT2D eigenvalue weighted by Crippen LogP contribution is -2.49. The highest BCUT2D eigenvalue weighted by molar-refractivity contribution is 5.90. The fourth-order valence-electron chi connectivity index (χ4n) is 3.07. The number of hydrogen-bond acceptors (Lipinski definition) is 2. The minimum Gasteiger partial charge on any atom is -0.480 e. The maximum atomic E-state index is 13.0. The summed E-state index contributed by atoms with van der Waals surface area (Å²) < 4.78 is 0. The Morgan fingerprint density at radius 3 is 2.29 bits per heavy atom. The Morgan fingerprint density at radius 2 is 1.76 bits per heavy atom. The molecule has 2 rings (SSSR count). The van der Waals surface area contributed by atoms with Crippen molar-refractivity contribution in [2.75, 3.05) is 6.54 Å². The van der Waals surface area contributed by atoms with Crippen LogP contribution in [0.2, 0.25) is 0 Å². The van der Waals surface area contributed by atoms with Gasteiger partial charge in [-0.1, -0.05) is 43.2 Å². The predicted molar refractivity (Wildman–Crippen MR) is 81.1 cm³/mol. The lowest BCUT2D eigenvalue weighted by Gasteiger charge is -2.35. The summed E-state index contributed by atoms with van der Waals surface area (Å²) in [5.74, 6) is -1.04. The van der Waals surface area contributed by atoms with E-state index < -0.39 is 11.4 Å². The van der Waals surface area contributed by atoms with Crippen molar-refractivity contribution < 1.29 is 14.7 Å². The minimum absolute atomic E-state index is 0.0663. The van der Waals surface area contributed by atoms with E-state index in [0.717, 1.165) is 31.2 Å². The van der Waals surface area contributed by atoms with E-state index in [0.29, 0.717) is 0 Å². The topological polar surface area (TPSA) is 57.6 Å². The number of benzene rings is 1. The van der Waals surface area contributed by atoms with Gasteiger partial charge in [0.25, 0.3) is 0 Å². The van der Waals surface area contributed by atoms with Crippen LogP contribution in [0.15, 0.2) is 30.3 Å². The van der Waals surface area contributed by atoms with Gasteiger partial charge in [0.05, 0.1) is 5.41 Å². The molecule has 21 heavy (non-hydrogen) atoms. The Balaban J connectivity index is 2.26. The summed E-state index contributed by atoms with van der Waals surface area (Å²) in [6, 6.07) is 9.63. The molecule has 1 saturated carbocycles. The SMILES string of the molecule is CC(C)(C(=O)N(CC(=O)O)C1CCCC1)c1ccccc1. The summed E-state index contributed by atoms with van der Waals surface area (Å²) >= 11 is 0. The van der Waals surface area contributed by atoms with Crippen LogP contribution in [0, 0.1) is 0 Å². The molecule has 1 aromatic rings. The molecule has 4 nitrogen and oxygen atoms in total. The number of carboxylic acids is 1. The van der Waals surface area contributed by atoms with Crippen LogP contribution in [-0.2, 0) is 15.0 Å². The van der Waals surface area contributed by atoms with Crippen LogP contribution in [0.25, 0.3) is 0 Å². The van der Waals surface area contributed by atoms with Gasteiger partial charge in [-0.05, 0) is 32.3 Å². The number of nitrogens with zero attached hydrogens (tertiary/aromatic N) is 1. The van der Waals surface area contributed by atoms with Gasteiger partial charge in [0.15, 0.2) is 0 Å². The van der Waals surface area contributed by atoms with Gasteiger partial charge in [-0.3, -0.25) is 9.59 Å². The smallest absolute Gasteiger partial charge is 0.323 e. The summed E-state index contributed by atoms with van der Waals surface area (Å²) in [5, 5.41) is 9.14. The Hall–Kier alpha value is -1.84. The second kappa shape index (κ2) is 6.29. The van der Waals surface area contributed by atoms with Crippen molar-refractivity contribution in [1.29, 1.82) is 0 Å². The van der Waals surface area contributed by atoms with E-state index in [9.17, 15) is 9.59 Å². The van der Waals surface area contributed by atoms with Crippen LogP contribution in [0.4, 0.5) is 0 Å². The summed E-state index contributed by atoms with van der Waals surface area (Å²) in [7, 11) is 0. The maximum Gasteiger partial charge on any atom is 0.323 e. The molecule has 0 atom stereocenters. The van der Waals surface area contributed by atoms with Crippen LogP contribution in [-0.4, -0.2) is 34.5 Å². The van der Waals surface area contributed by atoms with Gasteiger partial charge in [0, 0.05) is 6.04 Å². The van der Waals surface area contributed by atoms with Crippen molar-refractivity contribution in [3.05, 3.63) is 35.9 Å². The molecule has 1 aliphatic carbocycles. The number of rotatable bonds is 5. The standard InChI is InChI=1S/C17H23NO3/c1-17(2,13-8-4-3-5-9-13)16(21)18(12-15(19)20)14-10-6-7-11-14/h3-5,8-9,14H,6-7,10-12H2,1-2H3,(H,19,20). The fourth-order valence-corrected chi connectivity index (χ4v) is 3.07. The first kappa shape index (κ1) is 15.5. The van der Waals surface area contributed by atoms with E-state index >= 15 is 0 Å². The molecule has 0 radical (unpaired) electrons. The van der Waals surface area contributed by atoms with Crippen molar-refractivity contribution in [2.24, 2.45) is 0 Å². The van der Waals surface area contributed by atoms with Crippen LogP contribution >= 0.6 is 0 Å². The average molecular weight is 289 g/mol. The molecular weight excluding hydrogens is 266 g/mol. The Kier molecular flexibility index (Phi) is 4.66. The average Bonchev–Trinajstić information content (AvgIpc) is 2.98. The third-order valence-corrected chi connectivity index (χ3v) is 4.36. The number of amides is 1. The second-order valence-corrected chi connectivity index (χ2v) is 6.26. The first-order valence-electron chi connectivity index (χ1n) is 7.51. The van der Waals surface area contributed by atoms with Gasteiger partial charge in [0.2, 0.25) is 5.91 Å². The van der Waals surface area contributed by atoms with E-state index in [4.69, 9.17) is 5.11 Å². The predicted octanol–water partition coefficient (Wildman–Crippen LogP) is 2.82. The third-order valence-electron chi connectivity index (χ3n) is 4.36. The van der Waals surface area contributed by atoms with Gasteiger partial charge < -0.3 is 10.0 Å². The zero-order valence-electron chi connectivity index (χ0n) is 12.7. The van der Waals surface area contributed by atoms with Gasteiger partial charge in [-0.2, -0.15) is 0 Å². The van der Waals surface area contributed by atoms with Gasteiger partial charge in [-0.15, -0.1) is 0 Å². The summed E-state index contributed by atoms with van der Waals surface area (Å²) in [5.41, 5.74) is 0.211. The maximum absolute atomic E-state index is 13.0. The normalized spacial score (nSPS) is 15.9. The number of aliphatic carboxylic acids is 1. The molecule has 0 aromatic heterocycles. The third kappa shape index (κ3) is 3.43. The highest BCUT2D eigenvalue weighted by atomic mass is 16.4. The molecule has 0 saturated heterocycles. The molecule has 1 amide bonds. The number of carbonyl (C=O) groups is 2. The van der Waals surface area contributed by atoms with Gasteiger partial charge in [0.1, 0.15) is 6.54 Å². The van der Waals surface area contributed by atoms with Crippen molar-refractivity contribution in [3.63, 3.8) is 0 Å². The molecule has 4 heteroatoms. The lowest BCUT2D eigenvalue weighted by atomic mass is 9.82. The second-order valence-electron chi connectivity index (χ2n) is 6.26. The van der Waals surface area contributed by atoms with Gasteiger partial charge >= 0.3 is 5.97 Å². The first-order valence-corrected chi connectivity index (χ1v) is 7.51. The molecular formula is C17H23NO3. The molecule has 1 aromatic carbocycles. The van der Waals surface area contributed by atoms with E-state index in [1.165, 1.54) is 0 Å². The Bertz CT molecular complexity index is 504. The van der Waals surface area contributed by atoms with E-state index in [1.54, 1.807) is 4.90 Å². The molecule has 114 valence electrons. The number of hydrogen-bond donors (Lipinski definition) is 1. The molecule has 0 heterocycles. The van der Waals surface area contributed by atoms with E-state index in [2.05, 4.69) is 0 Å². The molecule has 0 aliphatic heterocycles. The fraction of sp³-hybridized carbons (Fsp3) is 0.529. The lowest BCUT2D eigenvalue weighted by molar-refractivity contribution is -0.148. The number of carbonyl (C=O) groups excluding carboxylic acids is 1.